The zero-order chi connectivity index (χ0) is 20.8. The maximum Gasteiger partial charge on any atom is 0.417 e. The van der Waals surface area contributed by atoms with Gasteiger partial charge < -0.3 is 15.8 Å². The number of anilines is 1. The number of nitrogen functional groups attached to an aromatic ring is 1. The van der Waals surface area contributed by atoms with Crippen LogP contribution in [0.4, 0.5) is 19.0 Å². The number of rotatable bonds is 3. The number of nitrogens with two attached hydrogens (primary N) is 1. The SMILES string of the molecule is C[C@H]1OCc2c1c(N)nc1cnc(C(=O)NCc3ccc(C(F)(F)F)cn3)cc21. The molecule has 0 spiro atoms. The van der Waals surface area contributed by atoms with Gasteiger partial charge in [0.2, 0.25) is 0 Å². The van der Waals surface area contributed by atoms with Crippen molar-refractivity contribution in [3.8, 4) is 0 Å². The Labute approximate surface area is 163 Å². The Kier molecular flexibility index (Phi) is 4.58. The van der Waals surface area contributed by atoms with Crippen LogP contribution >= 0.6 is 0 Å². The summed E-state index contributed by atoms with van der Waals surface area (Å²) in [5.74, 6) is -0.101. The van der Waals surface area contributed by atoms with Gasteiger partial charge in [-0.1, -0.05) is 0 Å². The molecule has 0 fully saturated rings. The van der Waals surface area contributed by atoms with E-state index in [4.69, 9.17) is 10.5 Å². The number of amides is 1. The number of alkyl halides is 3. The zero-order valence-corrected chi connectivity index (χ0v) is 15.2. The number of aromatic nitrogens is 3. The van der Waals surface area contributed by atoms with Gasteiger partial charge in [-0.3, -0.25) is 9.78 Å². The Hall–Kier alpha value is -3.27. The summed E-state index contributed by atoms with van der Waals surface area (Å²) in [6.45, 7) is 2.21. The summed E-state index contributed by atoms with van der Waals surface area (Å²) in [4.78, 5) is 24.6. The first-order valence-corrected chi connectivity index (χ1v) is 8.74. The van der Waals surface area contributed by atoms with E-state index >= 15 is 0 Å². The molecular weight excluding hydrogens is 387 g/mol. The molecule has 4 rings (SSSR count). The molecule has 1 aliphatic heterocycles. The van der Waals surface area contributed by atoms with Crippen LogP contribution in [0.1, 0.15) is 45.9 Å². The van der Waals surface area contributed by atoms with Crippen LogP contribution in [0.3, 0.4) is 0 Å². The van der Waals surface area contributed by atoms with Crippen LogP contribution in [0.5, 0.6) is 0 Å². The normalized spacial score (nSPS) is 16.1. The fraction of sp³-hybridized carbons (Fsp3) is 0.263. The minimum absolute atomic E-state index is 0.0328. The first kappa shape index (κ1) is 19.1. The van der Waals surface area contributed by atoms with Gasteiger partial charge in [-0.2, -0.15) is 13.2 Å². The van der Waals surface area contributed by atoms with E-state index < -0.39 is 17.6 Å². The van der Waals surface area contributed by atoms with E-state index in [1.807, 2.05) is 6.92 Å². The van der Waals surface area contributed by atoms with Crippen LogP contribution in [0.2, 0.25) is 0 Å². The van der Waals surface area contributed by atoms with E-state index in [9.17, 15) is 18.0 Å². The molecule has 0 unspecified atom stereocenters. The monoisotopic (exact) mass is 403 g/mol. The Morgan fingerprint density at radius 1 is 1.31 bits per heavy atom. The number of ether oxygens (including phenoxy) is 1. The molecule has 0 aliphatic carbocycles. The van der Waals surface area contributed by atoms with Crippen LogP contribution in [0.15, 0.2) is 30.6 Å². The maximum absolute atomic E-state index is 12.6. The second-order valence-corrected chi connectivity index (χ2v) is 6.65. The topological polar surface area (TPSA) is 103 Å². The smallest absolute Gasteiger partial charge is 0.383 e. The molecule has 7 nitrogen and oxygen atoms in total. The third-order valence-electron chi connectivity index (χ3n) is 4.75. The third-order valence-corrected chi connectivity index (χ3v) is 4.75. The minimum atomic E-state index is -4.46. The van der Waals surface area contributed by atoms with Crippen molar-refractivity contribution < 1.29 is 22.7 Å². The highest BCUT2D eigenvalue weighted by Gasteiger charge is 2.30. The Bertz CT molecular complexity index is 1100. The lowest BCUT2D eigenvalue weighted by atomic mass is 10.0. The van der Waals surface area contributed by atoms with Crippen molar-refractivity contribution in [2.45, 2.75) is 32.4 Å². The predicted molar refractivity (Wildman–Crippen MR) is 97.6 cm³/mol. The number of fused-ring (bicyclic) bond motifs is 3. The number of hydrogen-bond donors (Lipinski definition) is 2. The van der Waals surface area contributed by atoms with E-state index in [1.54, 1.807) is 6.07 Å². The van der Waals surface area contributed by atoms with E-state index in [2.05, 4.69) is 20.3 Å². The van der Waals surface area contributed by atoms with Gasteiger partial charge in [0.15, 0.2) is 0 Å². The van der Waals surface area contributed by atoms with Crippen molar-refractivity contribution in [1.29, 1.82) is 0 Å². The van der Waals surface area contributed by atoms with Crippen LogP contribution < -0.4 is 11.1 Å². The molecule has 10 heteroatoms. The molecule has 0 saturated carbocycles. The molecule has 0 aromatic carbocycles. The molecule has 3 aromatic rings. The molecule has 0 radical (unpaired) electrons. The standard InChI is InChI=1S/C19H16F3N5O2/c1-9-16-13(8-29-9)12-4-14(25-7-15(12)27-17(16)23)18(28)26-6-11-3-2-10(5-24-11)19(20,21)22/h2-5,7,9H,6,8H2,1H3,(H2,23,27)(H,26,28)/t9-/m1/s1. The summed E-state index contributed by atoms with van der Waals surface area (Å²) in [7, 11) is 0. The van der Waals surface area contributed by atoms with Crippen molar-refractivity contribution in [3.63, 3.8) is 0 Å². The van der Waals surface area contributed by atoms with Gasteiger partial charge in [-0.25, -0.2) is 9.97 Å². The molecule has 1 aliphatic rings. The van der Waals surface area contributed by atoms with Gasteiger partial charge in [0.25, 0.3) is 5.91 Å². The largest absolute Gasteiger partial charge is 0.417 e. The minimum Gasteiger partial charge on any atom is -0.383 e. The van der Waals surface area contributed by atoms with Gasteiger partial charge in [0, 0.05) is 17.1 Å². The van der Waals surface area contributed by atoms with Crippen LogP contribution in [0, 0.1) is 0 Å². The summed E-state index contributed by atoms with van der Waals surface area (Å²) < 4.78 is 43.4. The molecule has 0 bridgehead atoms. The molecule has 1 atom stereocenters. The second kappa shape index (κ2) is 6.96. The average Bonchev–Trinajstić information content (AvgIpc) is 3.08. The quantitative estimate of drug-likeness (QED) is 0.697. The highest BCUT2D eigenvalue weighted by atomic mass is 19.4. The molecule has 150 valence electrons. The van der Waals surface area contributed by atoms with Gasteiger partial charge in [-0.15, -0.1) is 0 Å². The maximum atomic E-state index is 12.6. The second-order valence-electron chi connectivity index (χ2n) is 6.65. The third kappa shape index (κ3) is 3.58. The number of halogens is 3. The summed E-state index contributed by atoms with van der Waals surface area (Å²) >= 11 is 0. The molecule has 29 heavy (non-hydrogen) atoms. The van der Waals surface area contributed by atoms with Crippen molar-refractivity contribution >= 4 is 22.6 Å². The fourth-order valence-electron chi connectivity index (χ4n) is 3.25. The van der Waals surface area contributed by atoms with Crippen molar-refractivity contribution in [3.05, 3.63) is 58.7 Å². The first-order chi connectivity index (χ1) is 13.7. The molecule has 0 saturated heterocycles. The zero-order valence-electron chi connectivity index (χ0n) is 15.2. The van der Waals surface area contributed by atoms with Gasteiger partial charge in [0.1, 0.15) is 11.5 Å². The fourth-order valence-corrected chi connectivity index (χ4v) is 3.25. The summed E-state index contributed by atoms with van der Waals surface area (Å²) in [5.41, 5.74) is 7.84. The Morgan fingerprint density at radius 3 is 2.79 bits per heavy atom. The van der Waals surface area contributed by atoms with E-state index in [0.29, 0.717) is 23.6 Å². The van der Waals surface area contributed by atoms with Crippen LogP contribution in [0.25, 0.3) is 10.9 Å². The number of hydrogen-bond acceptors (Lipinski definition) is 6. The highest BCUT2D eigenvalue weighted by molar-refractivity contribution is 5.97. The van der Waals surface area contributed by atoms with Crippen LogP contribution in [-0.4, -0.2) is 20.9 Å². The van der Waals surface area contributed by atoms with Crippen molar-refractivity contribution in [2.24, 2.45) is 0 Å². The predicted octanol–water partition coefficient (Wildman–Crippen LogP) is 3.15. The number of carbonyl (C=O) groups is 1. The summed E-state index contributed by atoms with van der Waals surface area (Å²) in [5, 5.41) is 3.33. The molecule has 3 N–H and O–H groups in total. The lowest BCUT2D eigenvalue weighted by Crippen LogP contribution is -2.24. The van der Waals surface area contributed by atoms with Gasteiger partial charge in [0.05, 0.1) is 42.2 Å². The molecule has 1 amide bonds. The van der Waals surface area contributed by atoms with E-state index in [0.717, 1.165) is 28.8 Å². The number of nitrogens with zero attached hydrogens (tertiary/aromatic N) is 3. The van der Waals surface area contributed by atoms with Gasteiger partial charge in [-0.05, 0) is 30.7 Å². The molecular formula is C19H16F3N5O2. The van der Waals surface area contributed by atoms with Gasteiger partial charge >= 0.3 is 6.18 Å². The number of pyridine rings is 3. The Balaban J connectivity index is 1.54. The number of nitrogens with one attached hydrogen (secondary N) is 1. The summed E-state index contributed by atoms with van der Waals surface area (Å²) in [6, 6.07) is 3.75. The Morgan fingerprint density at radius 2 is 2.10 bits per heavy atom. The van der Waals surface area contributed by atoms with Crippen LogP contribution in [-0.2, 0) is 24.1 Å². The lowest BCUT2D eigenvalue weighted by Gasteiger charge is -2.10. The molecule has 3 aromatic heterocycles. The lowest BCUT2D eigenvalue weighted by molar-refractivity contribution is -0.137. The van der Waals surface area contributed by atoms with Crippen molar-refractivity contribution in [1.82, 2.24) is 20.3 Å². The molecule has 4 heterocycles. The van der Waals surface area contributed by atoms with E-state index in [-0.39, 0.29) is 18.3 Å². The van der Waals surface area contributed by atoms with E-state index in [1.165, 1.54) is 12.3 Å². The highest BCUT2D eigenvalue weighted by Crippen LogP contribution is 2.37. The summed E-state index contributed by atoms with van der Waals surface area (Å²) in [6.07, 6.45) is -2.45. The van der Waals surface area contributed by atoms with Crippen molar-refractivity contribution in [2.75, 3.05) is 5.73 Å². The average molecular weight is 403 g/mol. The first-order valence-electron chi connectivity index (χ1n) is 8.74. The number of carbonyl (C=O) groups excluding carboxylic acids is 1.